The minimum Gasteiger partial charge on any atom is -0.497 e. The van der Waals surface area contributed by atoms with E-state index in [1.165, 1.54) is 5.69 Å². The van der Waals surface area contributed by atoms with Crippen LogP contribution in [0.25, 0.3) is 0 Å². The van der Waals surface area contributed by atoms with Crippen molar-refractivity contribution < 1.29 is 14.3 Å². The topological polar surface area (TPSA) is 66.9 Å². The number of anilines is 2. The maximum absolute atomic E-state index is 12.1. The van der Waals surface area contributed by atoms with Gasteiger partial charge in [0.15, 0.2) is 0 Å². The average molecular weight is 384 g/mol. The number of rotatable bonds is 8. The highest BCUT2D eigenvalue weighted by atomic mass is 16.5. The lowest BCUT2D eigenvalue weighted by Crippen LogP contribution is -2.46. The summed E-state index contributed by atoms with van der Waals surface area (Å²) >= 11 is 0. The first-order valence-electron chi connectivity index (χ1n) is 9.58. The zero-order valence-corrected chi connectivity index (χ0v) is 16.6. The molecule has 7 heteroatoms. The van der Waals surface area contributed by atoms with Crippen LogP contribution in [0, 0.1) is 0 Å². The van der Waals surface area contributed by atoms with E-state index in [2.05, 4.69) is 32.2 Å². The molecule has 1 aromatic carbocycles. The standard InChI is InChI=1S/C21H28N4O3/c1-27-15-3-10-22-21(26)20-9-6-18(16-23-20)25-13-11-24(12-14-25)17-4-7-19(28-2)8-5-17/h4-9,16H,3,10-15H2,1-2H3,(H,22,26). The number of hydrogen-bond acceptors (Lipinski definition) is 6. The van der Waals surface area contributed by atoms with E-state index in [4.69, 9.17) is 9.47 Å². The molecular formula is C21H28N4O3. The zero-order valence-electron chi connectivity index (χ0n) is 16.6. The number of hydrogen-bond donors (Lipinski definition) is 1. The molecule has 2 aromatic rings. The van der Waals surface area contributed by atoms with Gasteiger partial charge in [-0.25, -0.2) is 4.98 Å². The summed E-state index contributed by atoms with van der Waals surface area (Å²) in [7, 11) is 3.33. The molecule has 0 saturated carbocycles. The van der Waals surface area contributed by atoms with E-state index >= 15 is 0 Å². The molecule has 150 valence electrons. The van der Waals surface area contributed by atoms with Crippen LogP contribution in [0.4, 0.5) is 11.4 Å². The molecule has 1 aliphatic heterocycles. The van der Waals surface area contributed by atoms with E-state index in [1.807, 2.05) is 18.2 Å². The van der Waals surface area contributed by atoms with Crippen LogP contribution in [-0.4, -0.2) is 64.4 Å². The Labute approximate surface area is 166 Å². The minimum atomic E-state index is -0.146. The number of nitrogens with one attached hydrogen (secondary N) is 1. The molecular weight excluding hydrogens is 356 g/mol. The van der Waals surface area contributed by atoms with E-state index in [1.54, 1.807) is 26.5 Å². The molecule has 2 heterocycles. The molecule has 1 amide bonds. The summed E-state index contributed by atoms with van der Waals surface area (Å²) in [6, 6.07) is 11.9. The Morgan fingerprint density at radius 1 is 1.00 bits per heavy atom. The predicted octanol–water partition coefficient (Wildman–Crippen LogP) is 2.18. The van der Waals surface area contributed by atoms with Gasteiger partial charge in [-0.15, -0.1) is 0 Å². The Morgan fingerprint density at radius 3 is 2.21 bits per heavy atom. The highest BCUT2D eigenvalue weighted by Crippen LogP contribution is 2.22. The van der Waals surface area contributed by atoms with Crippen molar-refractivity contribution in [1.29, 1.82) is 0 Å². The molecule has 1 aromatic heterocycles. The fourth-order valence-electron chi connectivity index (χ4n) is 3.23. The lowest BCUT2D eigenvalue weighted by atomic mass is 10.2. The number of carbonyl (C=O) groups excluding carboxylic acids is 1. The van der Waals surface area contributed by atoms with Crippen molar-refractivity contribution in [3.05, 3.63) is 48.3 Å². The van der Waals surface area contributed by atoms with Gasteiger partial charge in [-0.3, -0.25) is 4.79 Å². The summed E-state index contributed by atoms with van der Waals surface area (Å²) in [5.74, 6) is 0.725. The van der Waals surface area contributed by atoms with Gasteiger partial charge < -0.3 is 24.6 Å². The number of nitrogens with zero attached hydrogens (tertiary/aromatic N) is 3. The Bertz CT molecular complexity index is 741. The number of carbonyl (C=O) groups is 1. The van der Waals surface area contributed by atoms with Gasteiger partial charge in [-0.05, 0) is 42.8 Å². The quantitative estimate of drug-likeness (QED) is 0.704. The van der Waals surface area contributed by atoms with Crippen LogP contribution in [0.5, 0.6) is 5.75 Å². The molecule has 7 nitrogen and oxygen atoms in total. The molecule has 0 radical (unpaired) electrons. The normalized spacial score (nSPS) is 14.1. The van der Waals surface area contributed by atoms with Gasteiger partial charge in [0.25, 0.3) is 5.91 Å². The number of piperazine rings is 1. The third kappa shape index (κ3) is 5.13. The molecule has 1 aliphatic rings. The third-order valence-electron chi connectivity index (χ3n) is 4.87. The van der Waals surface area contributed by atoms with Crippen LogP contribution in [0.15, 0.2) is 42.6 Å². The van der Waals surface area contributed by atoms with Gasteiger partial charge in [0.05, 0.1) is 19.0 Å². The van der Waals surface area contributed by atoms with E-state index in [0.717, 1.165) is 44.0 Å². The van der Waals surface area contributed by atoms with Crippen LogP contribution in [0.3, 0.4) is 0 Å². The number of ether oxygens (including phenoxy) is 2. The van der Waals surface area contributed by atoms with E-state index in [0.29, 0.717) is 18.8 Å². The fourth-order valence-corrected chi connectivity index (χ4v) is 3.23. The van der Waals surface area contributed by atoms with Crippen LogP contribution >= 0.6 is 0 Å². The first-order chi connectivity index (χ1) is 13.7. The monoisotopic (exact) mass is 384 g/mol. The second kappa shape index (κ2) is 9.94. The molecule has 0 bridgehead atoms. The predicted molar refractivity (Wildman–Crippen MR) is 110 cm³/mol. The summed E-state index contributed by atoms with van der Waals surface area (Å²) in [5.41, 5.74) is 2.70. The first kappa shape index (κ1) is 19.9. The van der Waals surface area contributed by atoms with Gasteiger partial charge in [-0.2, -0.15) is 0 Å². The van der Waals surface area contributed by atoms with Crippen LogP contribution in [0.2, 0.25) is 0 Å². The Kier molecular flexibility index (Phi) is 7.08. The van der Waals surface area contributed by atoms with Crippen molar-refractivity contribution in [2.75, 3.05) is 63.4 Å². The molecule has 0 unspecified atom stereocenters. The zero-order chi connectivity index (χ0) is 19.8. The average Bonchev–Trinajstić information content (AvgIpc) is 2.77. The second-order valence-electron chi connectivity index (χ2n) is 6.68. The molecule has 1 N–H and O–H groups in total. The molecule has 0 atom stereocenters. The van der Waals surface area contributed by atoms with Crippen molar-refractivity contribution in [1.82, 2.24) is 10.3 Å². The second-order valence-corrected chi connectivity index (χ2v) is 6.68. The van der Waals surface area contributed by atoms with Gasteiger partial charge >= 0.3 is 0 Å². The maximum atomic E-state index is 12.1. The van der Waals surface area contributed by atoms with Crippen molar-refractivity contribution in [2.45, 2.75) is 6.42 Å². The summed E-state index contributed by atoms with van der Waals surface area (Å²) in [5, 5.41) is 2.85. The van der Waals surface area contributed by atoms with Crippen LogP contribution < -0.4 is 19.9 Å². The number of benzene rings is 1. The molecule has 1 fully saturated rings. The number of aromatic nitrogens is 1. The van der Waals surface area contributed by atoms with Crippen molar-refractivity contribution in [3.63, 3.8) is 0 Å². The molecule has 0 spiro atoms. The molecule has 0 aliphatic carbocycles. The van der Waals surface area contributed by atoms with Crippen LogP contribution in [-0.2, 0) is 4.74 Å². The molecule has 1 saturated heterocycles. The third-order valence-corrected chi connectivity index (χ3v) is 4.87. The van der Waals surface area contributed by atoms with Gasteiger partial charge in [0.1, 0.15) is 11.4 Å². The SMILES string of the molecule is COCCCNC(=O)c1ccc(N2CCN(c3ccc(OC)cc3)CC2)cn1. The smallest absolute Gasteiger partial charge is 0.269 e. The van der Waals surface area contributed by atoms with Gasteiger partial charge in [0.2, 0.25) is 0 Å². The summed E-state index contributed by atoms with van der Waals surface area (Å²) < 4.78 is 10.2. The highest BCUT2D eigenvalue weighted by Gasteiger charge is 2.18. The summed E-state index contributed by atoms with van der Waals surface area (Å²) in [6.45, 7) is 4.92. The lowest BCUT2D eigenvalue weighted by Gasteiger charge is -2.37. The minimum absolute atomic E-state index is 0.146. The lowest BCUT2D eigenvalue weighted by molar-refractivity contribution is 0.0943. The first-order valence-corrected chi connectivity index (χ1v) is 9.58. The van der Waals surface area contributed by atoms with Crippen LogP contribution in [0.1, 0.15) is 16.9 Å². The van der Waals surface area contributed by atoms with Crippen molar-refractivity contribution >= 4 is 17.3 Å². The Morgan fingerprint density at radius 2 is 1.64 bits per heavy atom. The van der Waals surface area contributed by atoms with E-state index in [-0.39, 0.29) is 5.91 Å². The van der Waals surface area contributed by atoms with Crippen molar-refractivity contribution in [2.24, 2.45) is 0 Å². The largest absolute Gasteiger partial charge is 0.497 e. The van der Waals surface area contributed by atoms with E-state index < -0.39 is 0 Å². The number of methoxy groups -OCH3 is 2. The van der Waals surface area contributed by atoms with Gasteiger partial charge in [0, 0.05) is 52.1 Å². The highest BCUT2D eigenvalue weighted by molar-refractivity contribution is 5.92. The summed E-state index contributed by atoms with van der Waals surface area (Å²) in [4.78, 5) is 21.1. The van der Waals surface area contributed by atoms with Gasteiger partial charge in [-0.1, -0.05) is 0 Å². The van der Waals surface area contributed by atoms with E-state index in [9.17, 15) is 4.79 Å². The van der Waals surface area contributed by atoms with Crippen molar-refractivity contribution in [3.8, 4) is 5.75 Å². The Hall–Kier alpha value is -2.80. The maximum Gasteiger partial charge on any atom is 0.269 e. The molecule has 3 rings (SSSR count). The molecule has 28 heavy (non-hydrogen) atoms. The number of amides is 1. The fraction of sp³-hybridized carbons (Fsp3) is 0.429. The number of pyridine rings is 1. The Balaban J connectivity index is 1.50. The summed E-state index contributed by atoms with van der Waals surface area (Å²) in [6.07, 6.45) is 2.58.